The Kier molecular flexibility index (Phi) is 4.07. The van der Waals surface area contributed by atoms with Crippen LogP contribution in [0.1, 0.15) is 46.5 Å². The predicted octanol–water partition coefficient (Wildman–Crippen LogP) is 3.24. The van der Waals surface area contributed by atoms with Crippen LogP contribution < -0.4 is 0 Å². The third-order valence-electron chi connectivity index (χ3n) is 2.96. The molecule has 0 saturated carbocycles. The lowest BCUT2D eigenvalue weighted by molar-refractivity contribution is -0.0231. The number of rotatable bonds is 3. The molecule has 0 aromatic heterocycles. The molecule has 1 heterocycles. The largest absolute Gasteiger partial charge is 0.378 e. The van der Waals surface area contributed by atoms with Gasteiger partial charge in [-0.05, 0) is 31.1 Å². The van der Waals surface area contributed by atoms with Crippen LogP contribution in [0, 0.1) is 11.8 Å². The van der Waals surface area contributed by atoms with Crippen molar-refractivity contribution in [2.45, 2.75) is 52.6 Å². The van der Waals surface area contributed by atoms with Crippen molar-refractivity contribution < 1.29 is 4.74 Å². The highest BCUT2D eigenvalue weighted by atomic mass is 16.5. The van der Waals surface area contributed by atoms with Gasteiger partial charge in [-0.2, -0.15) is 0 Å². The summed E-state index contributed by atoms with van der Waals surface area (Å²) in [5.41, 5.74) is 0. The van der Waals surface area contributed by atoms with E-state index in [4.69, 9.17) is 4.74 Å². The summed E-state index contributed by atoms with van der Waals surface area (Å²) in [5, 5.41) is 0. The molecule has 0 aromatic rings. The van der Waals surface area contributed by atoms with E-state index in [1.807, 2.05) is 0 Å². The van der Waals surface area contributed by atoms with Gasteiger partial charge in [0.15, 0.2) is 0 Å². The zero-order valence-electron chi connectivity index (χ0n) is 8.68. The van der Waals surface area contributed by atoms with E-state index in [2.05, 4.69) is 20.8 Å². The average Bonchev–Trinajstić information content (AvgIpc) is 2.05. The van der Waals surface area contributed by atoms with Gasteiger partial charge in [0.25, 0.3) is 0 Å². The van der Waals surface area contributed by atoms with Crippen LogP contribution in [0.3, 0.4) is 0 Å². The summed E-state index contributed by atoms with van der Waals surface area (Å²) in [5.74, 6) is 1.75. The fraction of sp³-hybridized carbons (Fsp3) is 1.00. The number of ether oxygens (including phenoxy) is 1. The SMILES string of the molecule is CCCC1CC(C(C)C)CCO1. The van der Waals surface area contributed by atoms with Crippen LogP contribution in [0.2, 0.25) is 0 Å². The Morgan fingerprint density at radius 2 is 2.17 bits per heavy atom. The summed E-state index contributed by atoms with van der Waals surface area (Å²) in [6, 6.07) is 0. The zero-order chi connectivity index (χ0) is 8.97. The molecule has 1 aliphatic rings. The van der Waals surface area contributed by atoms with Crippen molar-refractivity contribution in [2.24, 2.45) is 11.8 Å². The summed E-state index contributed by atoms with van der Waals surface area (Å²) in [4.78, 5) is 0. The van der Waals surface area contributed by atoms with Crippen molar-refractivity contribution >= 4 is 0 Å². The fourth-order valence-corrected chi connectivity index (χ4v) is 2.04. The van der Waals surface area contributed by atoms with Gasteiger partial charge in [0, 0.05) is 6.61 Å². The lowest BCUT2D eigenvalue weighted by Gasteiger charge is -2.31. The van der Waals surface area contributed by atoms with Gasteiger partial charge in [0.05, 0.1) is 6.10 Å². The van der Waals surface area contributed by atoms with Crippen molar-refractivity contribution in [3.8, 4) is 0 Å². The van der Waals surface area contributed by atoms with Crippen molar-refractivity contribution in [3.05, 3.63) is 0 Å². The maximum absolute atomic E-state index is 5.70. The molecule has 72 valence electrons. The van der Waals surface area contributed by atoms with E-state index in [0.29, 0.717) is 6.10 Å². The minimum absolute atomic E-state index is 0.566. The van der Waals surface area contributed by atoms with Crippen LogP contribution in [0.4, 0.5) is 0 Å². The van der Waals surface area contributed by atoms with E-state index in [1.54, 1.807) is 0 Å². The highest BCUT2D eigenvalue weighted by Crippen LogP contribution is 2.28. The number of hydrogen-bond acceptors (Lipinski definition) is 1. The van der Waals surface area contributed by atoms with E-state index in [9.17, 15) is 0 Å². The van der Waals surface area contributed by atoms with E-state index < -0.39 is 0 Å². The van der Waals surface area contributed by atoms with Gasteiger partial charge in [0.1, 0.15) is 0 Å². The second-order valence-electron chi connectivity index (χ2n) is 4.31. The molecule has 0 N–H and O–H groups in total. The predicted molar refractivity (Wildman–Crippen MR) is 52.2 cm³/mol. The Bertz CT molecular complexity index is 118. The normalized spacial score (nSPS) is 31.0. The molecule has 1 nitrogen and oxygen atoms in total. The average molecular weight is 170 g/mol. The maximum Gasteiger partial charge on any atom is 0.0577 e. The molecule has 1 fully saturated rings. The monoisotopic (exact) mass is 170 g/mol. The van der Waals surface area contributed by atoms with Crippen LogP contribution >= 0.6 is 0 Å². The van der Waals surface area contributed by atoms with Crippen molar-refractivity contribution in [3.63, 3.8) is 0 Å². The Morgan fingerprint density at radius 3 is 2.75 bits per heavy atom. The van der Waals surface area contributed by atoms with E-state index >= 15 is 0 Å². The quantitative estimate of drug-likeness (QED) is 0.632. The molecule has 2 unspecified atom stereocenters. The van der Waals surface area contributed by atoms with Crippen LogP contribution in [-0.2, 0) is 4.74 Å². The summed E-state index contributed by atoms with van der Waals surface area (Å²) >= 11 is 0. The lowest BCUT2D eigenvalue weighted by atomic mass is 9.85. The van der Waals surface area contributed by atoms with Gasteiger partial charge in [-0.3, -0.25) is 0 Å². The van der Waals surface area contributed by atoms with Gasteiger partial charge in [-0.15, -0.1) is 0 Å². The molecule has 0 radical (unpaired) electrons. The maximum atomic E-state index is 5.70. The van der Waals surface area contributed by atoms with Gasteiger partial charge in [0.2, 0.25) is 0 Å². The van der Waals surface area contributed by atoms with E-state index in [-0.39, 0.29) is 0 Å². The molecule has 1 saturated heterocycles. The molecular formula is C11H22O. The Hall–Kier alpha value is -0.0400. The summed E-state index contributed by atoms with van der Waals surface area (Å²) in [6.45, 7) is 7.90. The first-order chi connectivity index (χ1) is 5.74. The topological polar surface area (TPSA) is 9.23 Å². The third kappa shape index (κ3) is 2.78. The van der Waals surface area contributed by atoms with Crippen LogP contribution in [0.5, 0.6) is 0 Å². The molecule has 1 heteroatoms. The summed E-state index contributed by atoms with van der Waals surface area (Å²) < 4.78 is 5.70. The van der Waals surface area contributed by atoms with Gasteiger partial charge < -0.3 is 4.74 Å². The third-order valence-corrected chi connectivity index (χ3v) is 2.96. The first kappa shape index (κ1) is 10.0. The molecule has 0 amide bonds. The van der Waals surface area contributed by atoms with Crippen molar-refractivity contribution in [2.75, 3.05) is 6.61 Å². The minimum atomic E-state index is 0.566. The highest BCUT2D eigenvalue weighted by molar-refractivity contribution is 4.73. The van der Waals surface area contributed by atoms with Gasteiger partial charge in [-0.25, -0.2) is 0 Å². The standard InChI is InChI=1S/C11H22O/c1-4-5-11-8-10(9(2)3)6-7-12-11/h9-11H,4-8H2,1-3H3. The zero-order valence-corrected chi connectivity index (χ0v) is 8.68. The van der Waals surface area contributed by atoms with Gasteiger partial charge >= 0.3 is 0 Å². The Morgan fingerprint density at radius 1 is 1.42 bits per heavy atom. The molecule has 0 aliphatic carbocycles. The lowest BCUT2D eigenvalue weighted by Crippen LogP contribution is -2.28. The molecule has 1 aliphatic heterocycles. The van der Waals surface area contributed by atoms with Crippen molar-refractivity contribution in [1.29, 1.82) is 0 Å². The molecular weight excluding hydrogens is 148 g/mol. The Balaban J connectivity index is 2.30. The second kappa shape index (κ2) is 4.86. The molecule has 1 rings (SSSR count). The van der Waals surface area contributed by atoms with Crippen LogP contribution in [-0.4, -0.2) is 12.7 Å². The summed E-state index contributed by atoms with van der Waals surface area (Å²) in [7, 11) is 0. The number of hydrogen-bond donors (Lipinski definition) is 0. The molecule has 0 aromatic carbocycles. The van der Waals surface area contributed by atoms with E-state index in [1.165, 1.54) is 25.7 Å². The summed E-state index contributed by atoms with van der Waals surface area (Å²) in [6.07, 6.45) is 5.65. The van der Waals surface area contributed by atoms with Crippen molar-refractivity contribution in [1.82, 2.24) is 0 Å². The minimum Gasteiger partial charge on any atom is -0.378 e. The molecule has 12 heavy (non-hydrogen) atoms. The fourth-order valence-electron chi connectivity index (χ4n) is 2.04. The highest BCUT2D eigenvalue weighted by Gasteiger charge is 2.23. The van der Waals surface area contributed by atoms with Crippen LogP contribution in [0.15, 0.2) is 0 Å². The Labute approximate surface area is 76.5 Å². The van der Waals surface area contributed by atoms with Gasteiger partial charge in [-0.1, -0.05) is 27.2 Å². The first-order valence-corrected chi connectivity index (χ1v) is 5.35. The second-order valence-corrected chi connectivity index (χ2v) is 4.31. The molecule has 0 spiro atoms. The molecule has 2 atom stereocenters. The molecule has 0 bridgehead atoms. The van der Waals surface area contributed by atoms with E-state index in [0.717, 1.165) is 18.4 Å². The van der Waals surface area contributed by atoms with Crippen LogP contribution in [0.25, 0.3) is 0 Å². The smallest absolute Gasteiger partial charge is 0.0577 e. The first-order valence-electron chi connectivity index (χ1n) is 5.35.